The molecule has 0 bridgehead atoms. The maximum atomic E-state index is 11.6. The summed E-state index contributed by atoms with van der Waals surface area (Å²) in [6, 6.07) is -0.0822. The first kappa shape index (κ1) is 15.4. The van der Waals surface area contributed by atoms with E-state index >= 15 is 0 Å². The molecule has 2 unspecified atom stereocenters. The topological polar surface area (TPSA) is 101 Å². The Bertz CT molecular complexity index is 400. The van der Waals surface area contributed by atoms with Crippen LogP contribution < -0.4 is 15.8 Å². The number of hydrogen-bond donors (Lipinski definition) is 3. The van der Waals surface area contributed by atoms with Crippen molar-refractivity contribution in [2.75, 3.05) is 12.8 Å². The van der Waals surface area contributed by atoms with Gasteiger partial charge in [-0.15, -0.1) is 0 Å². The van der Waals surface area contributed by atoms with Gasteiger partial charge in [-0.2, -0.15) is 0 Å². The summed E-state index contributed by atoms with van der Waals surface area (Å²) in [6.45, 7) is 3.75. The molecule has 0 aliphatic heterocycles. The molecule has 106 valence electrons. The Balaban J connectivity index is 2.49. The van der Waals surface area contributed by atoms with Crippen LogP contribution in [-0.4, -0.2) is 38.7 Å². The zero-order chi connectivity index (χ0) is 14.0. The molecule has 1 amide bonds. The molecule has 0 spiro atoms. The van der Waals surface area contributed by atoms with E-state index in [0.29, 0.717) is 6.54 Å². The van der Waals surface area contributed by atoms with Gasteiger partial charge in [-0.05, 0) is 32.6 Å². The maximum absolute atomic E-state index is 11.6. The van der Waals surface area contributed by atoms with E-state index in [1.54, 1.807) is 13.8 Å². The molecule has 1 aliphatic rings. The minimum Gasteiger partial charge on any atom is -0.354 e. The Morgan fingerprint density at radius 3 is 2.50 bits per heavy atom. The summed E-state index contributed by atoms with van der Waals surface area (Å²) in [5, 5.41) is 2.78. The largest absolute Gasteiger partial charge is 0.354 e. The van der Waals surface area contributed by atoms with Crippen LogP contribution in [0.15, 0.2) is 0 Å². The van der Waals surface area contributed by atoms with E-state index in [0.717, 1.165) is 25.5 Å². The summed E-state index contributed by atoms with van der Waals surface area (Å²) in [5.41, 5.74) is 4.77. The first-order valence-corrected chi connectivity index (χ1v) is 8.03. The van der Waals surface area contributed by atoms with Crippen molar-refractivity contribution in [3.8, 4) is 0 Å². The normalized spacial score (nSPS) is 25.1. The third-order valence-electron chi connectivity index (χ3n) is 3.13. The predicted molar refractivity (Wildman–Crippen MR) is 70.4 cm³/mol. The highest BCUT2D eigenvalue weighted by Crippen LogP contribution is 2.25. The zero-order valence-electron chi connectivity index (χ0n) is 11.2. The smallest absolute Gasteiger partial charge is 0.239 e. The van der Waals surface area contributed by atoms with Gasteiger partial charge < -0.3 is 11.1 Å². The van der Waals surface area contributed by atoms with Crippen molar-refractivity contribution in [2.24, 2.45) is 11.7 Å². The maximum Gasteiger partial charge on any atom is 0.239 e. The molecule has 0 heterocycles. The van der Waals surface area contributed by atoms with Crippen LogP contribution in [0.25, 0.3) is 0 Å². The van der Waals surface area contributed by atoms with Crippen LogP contribution in [0, 0.1) is 5.92 Å². The number of carbonyl (C=O) groups is 1. The summed E-state index contributed by atoms with van der Waals surface area (Å²) in [7, 11) is -3.19. The average Bonchev–Trinajstić information content (AvgIpc) is 2.57. The van der Waals surface area contributed by atoms with Gasteiger partial charge in [0, 0.05) is 12.6 Å². The number of amides is 1. The van der Waals surface area contributed by atoms with Gasteiger partial charge in [0.2, 0.25) is 15.9 Å². The summed E-state index contributed by atoms with van der Waals surface area (Å²) in [4.78, 5) is 11.6. The van der Waals surface area contributed by atoms with Crippen molar-refractivity contribution in [1.82, 2.24) is 10.0 Å². The van der Waals surface area contributed by atoms with Crippen molar-refractivity contribution in [3.63, 3.8) is 0 Å². The minimum absolute atomic E-state index is 0.0822. The molecule has 1 fully saturated rings. The number of hydrogen-bond acceptors (Lipinski definition) is 4. The molecule has 0 aromatic carbocycles. The van der Waals surface area contributed by atoms with Gasteiger partial charge in [0.25, 0.3) is 0 Å². The van der Waals surface area contributed by atoms with Gasteiger partial charge >= 0.3 is 0 Å². The Morgan fingerprint density at radius 1 is 1.39 bits per heavy atom. The van der Waals surface area contributed by atoms with Crippen molar-refractivity contribution in [3.05, 3.63) is 0 Å². The molecule has 0 aromatic heterocycles. The first-order chi connectivity index (χ1) is 8.09. The van der Waals surface area contributed by atoms with Crippen molar-refractivity contribution in [2.45, 2.75) is 44.7 Å². The minimum atomic E-state index is -3.19. The lowest BCUT2D eigenvalue weighted by molar-refractivity contribution is -0.125. The molecular formula is C11H23N3O3S. The van der Waals surface area contributed by atoms with Crippen molar-refractivity contribution < 1.29 is 13.2 Å². The summed E-state index contributed by atoms with van der Waals surface area (Å²) < 4.78 is 25.0. The Hall–Kier alpha value is -0.660. The van der Waals surface area contributed by atoms with E-state index in [1.165, 1.54) is 0 Å². The molecular weight excluding hydrogens is 254 g/mol. The van der Waals surface area contributed by atoms with Gasteiger partial charge in [-0.1, -0.05) is 6.42 Å². The molecule has 1 aliphatic carbocycles. The highest BCUT2D eigenvalue weighted by atomic mass is 32.2. The third kappa shape index (κ3) is 4.91. The molecule has 1 rings (SSSR count). The lowest BCUT2D eigenvalue weighted by Crippen LogP contribution is -2.51. The number of nitrogens with one attached hydrogen (secondary N) is 2. The number of carbonyl (C=O) groups excluding carboxylic acids is 1. The zero-order valence-corrected chi connectivity index (χ0v) is 12.0. The Morgan fingerprint density at radius 2 is 2.00 bits per heavy atom. The van der Waals surface area contributed by atoms with Crippen LogP contribution in [0.3, 0.4) is 0 Å². The van der Waals surface area contributed by atoms with Crippen LogP contribution in [-0.2, 0) is 14.8 Å². The Labute approximate surface area is 109 Å². The SMILES string of the molecule is CC(C)(N)C(=O)NCC1CCCC1NS(C)(=O)=O. The second-order valence-corrected chi connectivity index (χ2v) is 7.40. The molecule has 2 atom stereocenters. The lowest BCUT2D eigenvalue weighted by Gasteiger charge is -2.23. The van der Waals surface area contributed by atoms with Crippen LogP contribution in [0.1, 0.15) is 33.1 Å². The highest BCUT2D eigenvalue weighted by Gasteiger charge is 2.30. The van der Waals surface area contributed by atoms with Gasteiger partial charge in [0.15, 0.2) is 0 Å². The Kier molecular flexibility index (Phi) is 4.74. The van der Waals surface area contributed by atoms with Gasteiger partial charge in [0.05, 0.1) is 11.8 Å². The molecule has 1 saturated carbocycles. The second-order valence-electron chi connectivity index (χ2n) is 5.62. The van der Waals surface area contributed by atoms with Crippen LogP contribution in [0.4, 0.5) is 0 Å². The van der Waals surface area contributed by atoms with Gasteiger partial charge in [0.1, 0.15) is 0 Å². The standard InChI is InChI=1S/C11H23N3O3S/c1-11(2,12)10(15)13-7-8-5-4-6-9(8)14-18(3,16)17/h8-9,14H,4-7,12H2,1-3H3,(H,13,15). The van der Waals surface area contributed by atoms with E-state index in [1.807, 2.05) is 0 Å². The van der Waals surface area contributed by atoms with Crippen molar-refractivity contribution in [1.29, 1.82) is 0 Å². The van der Waals surface area contributed by atoms with Crippen LogP contribution >= 0.6 is 0 Å². The van der Waals surface area contributed by atoms with Gasteiger partial charge in [-0.3, -0.25) is 4.79 Å². The average molecular weight is 277 g/mol. The molecule has 6 nitrogen and oxygen atoms in total. The number of nitrogens with two attached hydrogens (primary N) is 1. The molecule has 7 heteroatoms. The van der Waals surface area contributed by atoms with Gasteiger partial charge in [-0.25, -0.2) is 13.1 Å². The molecule has 0 saturated heterocycles. The fraction of sp³-hybridized carbons (Fsp3) is 0.909. The molecule has 18 heavy (non-hydrogen) atoms. The summed E-state index contributed by atoms with van der Waals surface area (Å²) in [5.74, 6) is -0.0708. The molecule has 0 radical (unpaired) electrons. The molecule has 0 aromatic rings. The van der Waals surface area contributed by atoms with E-state index in [9.17, 15) is 13.2 Å². The number of rotatable bonds is 5. The van der Waals surface area contributed by atoms with E-state index < -0.39 is 15.6 Å². The number of sulfonamides is 1. The summed E-state index contributed by atoms with van der Waals surface area (Å²) in [6.07, 6.45) is 3.86. The van der Waals surface area contributed by atoms with Crippen molar-refractivity contribution >= 4 is 15.9 Å². The predicted octanol–water partition coefficient (Wildman–Crippen LogP) is -0.442. The molecule has 4 N–H and O–H groups in total. The fourth-order valence-corrected chi connectivity index (χ4v) is 3.02. The summed E-state index contributed by atoms with van der Waals surface area (Å²) >= 11 is 0. The van der Waals surface area contributed by atoms with Crippen LogP contribution in [0.5, 0.6) is 0 Å². The fourth-order valence-electron chi connectivity index (χ4n) is 2.16. The first-order valence-electron chi connectivity index (χ1n) is 6.14. The highest BCUT2D eigenvalue weighted by molar-refractivity contribution is 7.88. The monoisotopic (exact) mass is 277 g/mol. The van der Waals surface area contributed by atoms with Crippen LogP contribution in [0.2, 0.25) is 0 Å². The van der Waals surface area contributed by atoms with E-state index in [4.69, 9.17) is 5.73 Å². The quantitative estimate of drug-likeness (QED) is 0.634. The van der Waals surface area contributed by atoms with E-state index in [-0.39, 0.29) is 17.9 Å². The van der Waals surface area contributed by atoms with E-state index in [2.05, 4.69) is 10.0 Å². The second kappa shape index (κ2) is 5.54. The lowest BCUT2D eigenvalue weighted by atomic mass is 10.0. The third-order valence-corrected chi connectivity index (χ3v) is 3.87.